The lowest BCUT2D eigenvalue weighted by Crippen LogP contribution is -2.35. The van der Waals surface area contributed by atoms with Crippen LogP contribution in [0.1, 0.15) is 12.8 Å². The molecule has 0 atom stereocenters. The first-order valence-electron chi connectivity index (χ1n) is 4.40. The summed E-state index contributed by atoms with van der Waals surface area (Å²) in [5.74, 6) is 0.774. The van der Waals surface area contributed by atoms with Crippen LogP contribution in [0.2, 0.25) is 0 Å². The molecule has 0 unspecified atom stereocenters. The Labute approximate surface area is 69.1 Å². The topological polar surface area (TPSA) is 29.3 Å². The smallest absolute Gasteiger partial charge is 0.0160 e. The minimum Gasteiger partial charge on any atom is -0.330 e. The van der Waals surface area contributed by atoms with Crippen molar-refractivity contribution in [1.29, 1.82) is 0 Å². The van der Waals surface area contributed by atoms with Gasteiger partial charge in [0.2, 0.25) is 0 Å². The van der Waals surface area contributed by atoms with E-state index in [2.05, 4.69) is 11.5 Å². The van der Waals surface area contributed by atoms with Crippen LogP contribution in [0.4, 0.5) is 0 Å². The average molecular weight is 154 g/mol. The number of nitrogens with two attached hydrogens (primary N) is 1. The van der Waals surface area contributed by atoms with Crippen molar-refractivity contribution in [1.82, 2.24) is 4.90 Å². The maximum absolute atomic E-state index is 5.58. The fourth-order valence-electron chi connectivity index (χ4n) is 1.59. The number of hydrogen-bond acceptors (Lipinski definition) is 2. The molecule has 0 aromatic heterocycles. The van der Waals surface area contributed by atoms with Crippen molar-refractivity contribution in [2.24, 2.45) is 11.7 Å². The standard InChI is InChI=1S/C9H18N2/c1-2-5-11-6-3-9(8-10)4-7-11/h2,9H,1,3-8,10H2. The normalized spacial score (nSPS) is 21.9. The summed E-state index contributed by atoms with van der Waals surface area (Å²) in [4.78, 5) is 2.43. The second kappa shape index (κ2) is 4.52. The van der Waals surface area contributed by atoms with E-state index in [0.717, 1.165) is 19.0 Å². The van der Waals surface area contributed by atoms with Crippen LogP contribution >= 0.6 is 0 Å². The van der Waals surface area contributed by atoms with Gasteiger partial charge in [-0.1, -0.05) is 6.08 Å². The Bertz CT molecular complexity index is 115. The van der Waals surface area contributed by atoms with Crippen molar-refractivity contribution in [2.75, 3.05) is 26.2 Å². The molecule has 1 saturated heterocycles. The fraction of sp³-hybridized carbons (Fsp3) is 0.778. The molecule has 1 heterocycles. The van der Waals surface area contributed by atoms with Crippen LogP contribution in [-0.2, 0) is 0 Å². The summed E-state index contributed by atoms with van der Waals surface area (Å²) in [5.41, 5.74) is 5.58. The fourth-order valence-corrected chi connectivity index (χ4v) is 1.59. The monoisotopic (exact) mass is 154 g/mol. The summed E-state index contributed by atoms with van der Waals surface area (Å²) in [6.45, 7) is 8.03. The highest BCUT2D eigenvalue weighted by Gasteiger charge is 2.16. The molecule has 2 nitrogen and oxygen atoms in total. The van der Waals surface area contributed by atoms with Crippen LogP contribution < -0.4 is 5.73 Å². The molecule has 0 saturated carbocycles. The van der Waals surface area contributed by atoms with Gasteiger partial charge in [0.25, 0.3) is 0 Å². The maximum Gasteiger partial charge on any atom is 0.0160 e. The summed E-state index contributed by atoms with van der Waals surface area (Å²) >= 11 is 0. The summed E-state index contributed by atoms with van der Waals surface area (Å²) in [5, 5.41) is 0. The zero-order chi connectivity index (χ0) is 8.10. The van der Waals surface area contributed by atoms with Crippen molar-refractivity contribution in [3.05, 3.63) is 12.7 Å². The van der Waals surface area contributed by atoms with Crippen LogP contribution in [0.5, 0.6) is 0 Å². The number of hydrogen-bond donors (Lipinski definition) is 1. The van der Waals surface area contributed by atoms with Crippen molar-refractivity contribution >= 4 is 0 Å². The van der Waals surface area contributed by atoms with Gasteiger partial charge in [-0.15, -0.1) is 6.58 Å². The van der Waals surface area contributed by atoms with Gasteiger partial charge in [-0.05, 0) is 38.4 Å². The first-order chi connectivity index (χ1) is 5.36. The zero-order valence-electron chi connectivity index (χ0n) is 7.13. The van der Waals surface area contributed by atoms with Crippen molar-refractivity contribution < 1.29 is 0 Å². The molecule has 0 spiro atoms. The third-order valence-electron chi connectivity index (χ3n) is 2.43. The van der Waals surface area contributed by atoms with Crippen molar-refractivity contribution in [3.8, 4) is 0 Å². The molecule has 0 bridgehead atoms. The number of piperidine rings is 1. The molecule has 11 heavy (non-hydrogen) atoms. The molecule has 0 radical (unpaired) electrons. The summed E-state index contributed by atoms with van der Waals surface area (Å²) in [6.07, 6.45) is 4.51. The Hall–Kier alpha value is -0.340. The highest BCUT2D eigenvalue weighted by Crippen LogP contribution is 2.14. The van der Waals surface area contributed by atoms with E-state index in [-0.39, 0.29) is 0 Å². The van der Waals surface area contributed by atoms with Crippen LogP contribution in [0.25, 0.3) is 0 Å². The quantitative estimate of drug-likeness (QED) is 0.610. The number of likely N-dealkylation sites (tertiary alicyclic amines) is 1. The van der Waals surface area contributed by atoms with Gasteiger partial charge in [0, 0.05) is 6.54 Å². The molecule has 1 fully saturated rings. The molecule has 1 aliphatic rings. The minimum absolute atomic E-state index is 0.774. The van der Waals surface area contributed by atoms with Gasteiger partial charge in [0.1, 0.15) is 0 Å². The van der Waals surface area contributed by atoms with E-state index in [0.29, 0.717) is 0 Å². The molecule has 1 rings (SSSR count). The summed E-state index contributed by atoms with van der Waals surface area (Å²) in [6, 6.07) is 0. The molecular weight excluding hydrogens is 136 g/mol. The molecule has 64 valence electrons. The Balaban J connectivity index is 2.18. The van der Waals surface area contributed by atoms with E-state index in [1.54, 1.807) is 0 Å². The van der Waals surface area contributed by atoms with Crippen molar-refractivity contribution in [2.45, 2.75) is 12.8 Å². The minimum atomic E-state index is 0.774. The predicted molar refractivity (Wildman–Crippen MR) is 48.4 cm³/mol. The highest BCUT2D eigenvalue weighted by molar-refractivity contribution is 4.78. The van der Waals surface area contributed by atoms with Crippen LogP contribution in [0, 0.1) is 5.92 Å². The van der Waals surface area contributed by atoms with Gasteiger partial charge < -0.3 is 5.73 Å². The van der Waals surface area contributed by atoms with Gasteiger partial charge >= 0.3 is 0 Å². The first kappa shape index (κ1) is 8.75. The molecule has 2 heteroatoms. The van der Waals surface area contributed by atoms with E-state index < -0.39 is 0 Å². The first-order valence-corrected chi connectivity index (χ1v) is 4.40. The lowest BCUT2D eigenvalue weighted by molar-refractivity contribution is 0.204. The lowest BCUT2D eigenvalue weighted by atomic mass is 9.97. The predicted octanol–water partition coefficient (Wildman–Crippen LogP) is 0.843. The molecule has 0 aromatic rings. The number of nitrogens with zero attached hydrogens (tertiary/aromatic N) is 1. The van der Waals surface area contributed by atoms with Crippen LogP contribution in [0.15, 0.2) is 12.7 Å². The summed E-state index contributed by atoms with van der Waals surface area (Å²) in [7, 11) is 0. The summed E-state index contributed by atoms with van der Waals surface area (Å²) < 4.78 is 0. The highest BCUT2D eigenvalue weighted by atomic mass is 15.1. The van der Waals surface area contributed by atoms with E-state index >= 15 is 0 Å². The van der Waals surface area contributed by atoms with Crippen molar-refractivity contribution in [3.63, 3.8) is 0 Å². The molecular formula is C9H18N2. The van der Waals surface area contributed by atoms with Crippen LogP contribution in [0.3, 0.4) is 0 Å². The molecule has 2 N–H and O–H groups in total. The Morgan fingerprint density at radius 1 is 1.45 bits per heavy atom. The Morgan fingerprint density at radius 2 is 2.09 bits per heavy atom. The number of rotatable bonds is 3. The largest absolute Gasteiger partial charge is 0.330 e. The zero-order valence-corrected chi connectivity index (χ0v) is 7.13. The second-order valence-corrected chi connectivity index (χ2v) is 3.27. The molecule has 1 aliphatic heterocycles. The Kier molecular flexibility index (Phi) is 3.60. The van der Waals surface area contributed by atoms with E-state index in [1.165, 1.54) is 25.9 Å². The molecule has 0 aromatic carbocycles. The molecule has 0 amide bonds. The van der Waals surface area contributed by atoms with Gasteiger partial charge in [0.05, 0.1) is 0 Å². The third-order valence-corrected chi connectivity index (χ3v) is 2.43. The maximum atomic E-state index is 5.58. The van der Waals surface area contributed by atoms with E-state index in [1.807, 2.05) is 6.08 Å². The Morgan fingerprint density at radius 3 is 2.55 bits per heavy atom. The lowest BCUT2D eigenvalue weighted by Gasteiger charge is -2.30. The van der Waals surface area contributed by atoms with E-state index in [4.69, 9.17) is 5.73 Å². The van der Waals surface area contributed by atoms with Gasteiger partial charge in [0.15, 0.2) is 0 Å². The second-order valence-electron chi connectivity index (χ2n) is 3.27. The average Bonchev–Trinajstić information content (AvgIpc) is 2.07. The van der Waals surface area contributed by atoms with Gasteiger partial charge in [-0.2, -0.15) is 0 Å². The van der Waals surface area contributed by atoms with Gasteiger partial charge in [-0.25, -0.2) is 0 Å². The van der Waals surface area contributed by atoms with Gasteiger partial charge in [-0.3, -0.25) is 4.90 Å². The SMILES string of the molecule is C=CCN1CCC(CN)CC1. The van der Waals surface area contributed by atoms with E-state index in [9.17, 15) is 0 Å². The molecule has 0 aliphatic carbocycles. The third kappa shape index (κ3) is 2.64. The van der Waals surface area contributed by atoms with Crippen LogP contribution in [-0.4, -0.2) is 31.1 Å².